The van der Waals surface area contributed by atoms with Crippen molar-refractivity contribution < 1.29 is 14.3 Å². The highest BCUT2D eigenvalue weighted by molar-refractivity contribution is 5.92. The molecule has 136 valence electrons. The van der Waals surface area contributed by atoms with E-state index in [2.05, 4.69) is 5.32 Å². The summed E-state index contributed by atoms with van der Waals surface area (Å²) in [5.41, 5.74) is 1.01. The number of hydrogen-bond acceptors (Lipinski definition) is 3. The van der Waals surface area contributed by atoms with Crippen molar-refractivity contribution in [1.29, 1.82) is 0 Å². The van der Waals surface area contributed by atoms with Gasteiger partial charge in [0.15, 0.2) is 0 Å². The zero-order valence-electron chi connectivity index (χ0n) is 15.1. The molecule has 0 aliphatic carbocycles. The Morgan fingerprint density at radius 2 is 1.96 bits per heavy atom. The van der Waals surface area contributed by atoms with Crippen molar-refractivity contribution in [2.45, 2.75) is 32.2 Å². The van der Waals surface area contributed by atoms with Crippen LogP contribution in [0.3, 0.4) is 0 Å². The van der Waals surface area contributed by atoms with E-state index in [4.69, 9.17) is 4.74 Å². The summed E-state index contributed by atoms with van der Waals surface area (Å²) in [6.07, 6.45) is 5.71. The zero-order valence-corrected chi connectivity index (χ0v) is 15.1. The van der Waals surface area contributed by atoms with Crippen molar-refractivity contribution in [3.05, 3.63) is 42.0 Å². The van der Waals surface area contributed by atoms with Crippen molar-refractivity contribution >= 4 is 17.9 Å². The Labute approximate surface area is 150 Å². The van der Waals surface area contributed by atoms with Gasteiger partial charge in [0.25, 0.3) is 0 Å². The first-order chi connectivity index (χ1) is 12.1. The second kappa shape index (κ2) is 9.99. The number of nitrogens with one attached hydrogen (secondary N) is 1. The fourth-order valence-electron chi connectivity index (χ4n) is 2.98. The van der Waals surface area contributed by atoms with Crippen LogP contribution in [0.5, 0.6) is 0 Å². The number of ether oxygens (including phenoxy) is 1. The summed E-state index contributed by atoms with van der Waals surface area (Å²) in [6.45, 7) is 3.81. The third-order valence-electron chi connectivity index (χ3n) is 4.60. The minimum atomic E-state index is -0.0203. The van der Waals surface area contributed by atoms with Crippen molar-refractivity contribution in [1.82, 2.24) is 10.2 Å². The third kappa shape index (κ3) is 6.02. The van der Waals surface area contributed by atoms with E-state index >= 15 is 0 Å². The van der Waals surface area contributed by atoms with Gasteiger partial charge in [-0.25, -0.2) is 0 Å². The van der Waals surface area contributed by atoms with E-state index in [1.165, 1.54) is 0 Å². The average molecular weight is 344 g/mol. The van der Waals surface area contributed by atoms with E-state index in [1.807, 2.05) is 48.2 Å². The molecule has 0 bridgehead atoms. The van der Waals surface area contributed by atoms with Crippen LogP contribution in [0.1, 0.15) is 31.7 Å². The first-order valence-corrected chi connectivity index (χ1v) is 8.95. The van der Waals surface area contributed by atoms with Gasteiger partial charge in [0.1, 0.15) is 0 Å². The third-order valence-corrected chi connectivity index (χ3v) is 4.60. The Kier molecular flexibility index (Phi) is 7.67. The van der Waals surface area contributed by atoms with Crippen molar-refractivity contribution in [2.75, 3.05) is 26.8 Å². The summed E-state index contributed by atoms with van der Waals surface area (Å²) < 4.78 is 5.12. The molecule has 1 saturated heterocycles. The number of hydrogen-bond donors (Lipinski definition) is 1. The van der Waals surface area contributed by atoms with Gasteiger partial charge in [0.2, 0.25) is 11.8 Å². The predicted molar refractivity (Wildman–Crippen MR) is 98.9 cm³/mol. The van der Waals surface area contributed by atoms with E-state index in [0.29, 0.717) is 32.5 Å². The molecule has 25 heavy (non-hydrogen) atoms. The first kappa shape index (κ1) is 19.2. The van der Waals surface area contributed by atoms with Crippen LogP contribution < -0.4 is 5.32 Å². The molecule has 0 saturated carbocycles. The van der Waals surface area contributed by atoms with Crippen LogP contribution in [0, 0.1) is 5.92 Å². The minimum Gasteiger partial charge on any atom is -0.383 e. The molecule has 1 atom stereocenters. The van der Waals surface area contributed by atoms with Gasteiger partial charge >= 0.3 is 0 Å². The highest BCUT2D eigenvalue weighted by Crippen LogP contribution is 2.18. The number of carbonyl (C=O) groups is 2. The Bertz CT molecular complexity index is 578. The second-order valence-electron chi connectivity index (χ2n) is 6.41. The SMILES string of the molecule is CCC(COC)NC(=O)C1CCN(C(=O)/C=C/c2ccccc2)CC1. The molecule has 5 heteroatoms. The number of likely N-dealkylation sites (tertiary alicyclic amines) is 1. The number of carbonyl (C=O) groups excluding carboxylic acids is 2. The maximum Gasteiger partial charge on any atom is 0.246 e. The Balaban J connectivity index is 1.79. The van der Waals surface area contributed by atoms with Crippen LogP contribution in [-0.2, 0) is 14.3 Å². The number of amides is 2. The van der Waals surface area contributed by atoms with Gasteiger partial charge < -0.3 is 15.0 Å². The molecule has 5 nitrogen and oxygen atoms in total. The lowest BCUT2D eigenvalue weighted by Gasteiger charge is -2.31. The van der Waals surface area contributed by atoms with Gasteiger partial charge in [-0.15, -0.1) is 0 Å². The number of methoxy groups -OCH3 is 1. The lowest BCUT2D eigenvalue weighted by molar-refractivity contribution is -0.132. The monoisotopic (exact) mass is 344 g/mol. The normalized spacial score (nSPS) is 16.8. The lowest BCUT2D eigenvalue weighted by Crippen LogP contribution is -2.46. The van der Waals surface area contributed by atoms with Gasteiger partial charge in [0, 0.05) is 32.2 Å². The standard InChI is InChI=1S/C20H28N2O3/c1-3-18(15-25-2)21-20(24)17-11-13-22(14-12-17)19(23)10-9-16-7-5-4-6-8-16/h4-10,17-18H,3,11-15H2,1-2H3,(H,21,24)/b10-9+. The van der Waals surface area contributed by atoms with Crippen LogP contribution in [0.4, 0.5) is 0 Å². The molecule has 1 aliphatic rings. The average Bonchev–Trinajstić information content (AvgIpc) is 2.66. The molecule has 0 spiro atoms. The molecule has 2 amide bonds. The number of nitrogens with zero attached hydrogens (tertiary/aromatic N) is 1. The first-order valence-electron chi connectivity index (χ1n) is 8.95. The predicted octanol–water partition coefficient (Wildman–Crippen LogP) is 2.48. The Morgan fingerprint density at radius 3 is 2.56 bits per heavy atom. The summed E-state index contributed by atoms with van der Waals surface area (Å²) in [6, 6.07) is 9.83. The maximum absolute atomic E-state index is 12.3. The second-order valence-corrected chi connectivity index (χ2v) is 6.41. The quantitative estimate of drug-likeness (QED) is 0.773. The summed E-state index contributed by atoms with van der Waals surface area (Å²) in [4.78, 5) is 26.4. The molecule has 1 aromatic rings. The van der Waals surface area contributed by atoms with Crippen LogP contribution >= 0.6 is 0 Å². The van der Waals surface area contributed by atoms with Crippen molar-refractivity contribution in [2.24, 2.45) is 5.92 Å². The van der Waals surface area contributed by atoms with E-state index in [0.717, 1.165) is 12.0 Å². The Morgan fingerprint density at radius 1 is 1.28 bits per heavy atom. The summed E-state index contributed by atoms with van der Waals surface area (Å²) in [7, 11) is 1.64. The van der Waals surface area contributed by atoms with Gasteiger partial charge in [-0.2, -0.15) is 0 Å². The molecule has 1 aromatic carbocycles. The van der Waals surface area contributed by atoms with E-state index in [1.54, 1.807) is 13.2 Å². The molecule has 0 aromatic heterocycles. The summed E-state index contributed by atoms with van der Waals surface area (Å²) >= 11 is 0. The van der Waals surface area contributed by atoms with Crippen LogP contribution in [0.15, 0.2) is 36.4 Å². The lowest BCUT2D eigenvalue weighted by atomic mass is 9.95. The molecule has 2 rings (SSSR count). The molecule has 1 heterocycles. The molecular weight excluding hydrogens is 316 g/mol. The fourth-order valence-corrected chi connectivity index (χ4v) is 2.98. The molecule has 1 N–H and O–H groups in total. The van der Waals surface area contributed by atoms with E-state index < -0.39 is 0 Å². The number of rotatable bonds is 7. The van der Waals surface area contributed by atoms with Crippen LogP contribution in [0.2, 0.25) is 0 Å². The zero-order chi connectivity index (χ0) is 18.1. The largest absolute Gasteiger partial charge is 0.383 e. The molecule has 1 unspecified atom stereocenters. The van der Waals surface area contributed by atoms with Crippen molar-refractivity contribution in [3.63, 3.8) is 0 Å². The van der Waals surface area contributed by atoms with E-state index in [9.17, 15) is 9.59 Å². The topological polar surface area (TPSA) is 58.6 Å². The van der Waals surface area contributed by atoms with Crippen LogP contribution in [0.25, 0.3) is 6.08 Å². The fraction of sp³-hybridized carbons (Fsp3) is 0.500. The highest BCUT2D eigenvalue weighted by Gasteiger charge is 2.27. The van der Waals surface area contributed by atoms with E-state index in [-0.39, 0.29) is 23.8 Å². The molecular formula is C20H28N2O3. The summed E-state index contributed by atoms with van der Waals surface area (Å²) in [5, 5.41) is 3.05. The molecule has 0 radical (unpaired) electrons. The van der Waals surface area contributed by atoms with Crippen LogP contribution in [-0.4, -0.2) is 49.6 Å². The highest BCUT2D eigenvalue weighted by atomic mass is 16.5. The van der Waals surface area contributed by atoms with Gasteiger partial charge in [-0.3, -0.25) is 9.59 Å². The minimum absolute atomic E-state index is 0.00790. The molecule has 1 aliphatic heterocycles. The van der Waals surface area contributed by atoms with Gasteiger partial charge in [0.05, 0.1) is 12.6 Å². The van der Waals surface area contributed by atoms with Gasteiger partial charge in [-0.1, -0.05) is 37.3 Å². The maximum atomic E-state index is 12.3. The Hall–Kier alpha value is -2.14. The number of benzene rings is 1. The van der Waals surface area contributed by atoms with Gasteiger partial charge in [-0.05, 0) is 30.9 Å². The molecule has 1 fully saturated rings. The number of piperidine rings is 1. The summed E-state index contributed by atoms with van der Waals surface area (Å²) in [5.74, 6) is 0.0671. The van der Waals surface area contributed by atoms with Crippen molar-refractivity contribution in [3.8, 4) is 0 Å². The smallest absolute Gasteiger partial charge is 0.246 e.